The first kappa shape index (κ1) is 15.5. The van der Waals surface area contributed by atoms with Gasteiger partial charge in [-0.1, -0.05) is 0 Å². The molecule has 0 saturated carbocycles. The number of nitrogens with one attached hydrogen (secondary N) is 1. The normalized spacial score (nSPS) is 11.9. The Hall–Kier alpha value is -1.93. The molecule has 0 spiro atoms. The Bertz CT molecular complexity index is 703. The predicted octanol–water partition coefficient (Wildman–Crippen LogP) is 1.25. The van der Waals surface area contributed by atoms with E-state index < -0.39 is 10.0 Å². The van der Waals surface area contributed by atoms with Gasteiger partial charge in [0.1, 0.15) is 17.9 Å². The average molecular weight is 310 g/mol. The second-order valence-electron chi connectivity index (χ2n) is 4.78. The third-order valence-corrected chi connectivity index (χ3v) is 5.28. The molecule has 0 radical (unpaired) electrons. The number of sulfonamides is 1. The highest BCUT2D eigenvalue weighted by atomic mass is 32.2. The van der Waals surface area contributed by atoms with Crippen LogP contribution in [0, 0.1) is 13.8 Å². The molecule has 7 nitrogen and oxygen atoms in total. The highest BCUT2D eigenvalue weighted by molar-refractivity contribution is 7.89. The monoisotopic (exact) mass is 310 g/mol. The van der Waals surface area contributed by atoms with E-state index >= 15 is 0 Å². The lowest BCUT2D eigenvalue weighted by Gasteiger charge is -2.19. The van der Waals surface area contributed by atoms with Crippen LogP contribution >= 0.6 is 0 Å². The number of ether oxygens (including phenoxy) is 1. The van der Waals surface area contributed by atoms with Gasteiger partial charge in [-0.15, -0.1) is 0 Å². The van der Waals surface area contributed by atoms with E-state index in [-0.39, 0.29) is 6.54 Å². The Labute approximate surface area is 124 Å². The molecule has 0 amide bonds. The summed E-state index contributed by atoms with van der Waals surface area (Å²) in [5.41, 5.74) is 1.30. The zero-order chi connectivity index (χ0) is 15.6. The Morgan fingerprint density at radius 2 is 1.90 bits per heavy atom. The molecule has 2 aromatic rings. The molecule has 21 heavy (non-hydrogen) atoms. The third kappa shape index (κ3) is 3.06. The zero-order valence-electron chi connectivity index (χ0n) is 12.4. The van der Waals surface area contributed by atoms with E-state index in [1.807, 2.05) is 0 Å². The number of aromatic nitrogens is 3. The molecule has 114 valence electrons. The van der Waals surface area contributed by atoms with Crippen molar-refractivity contribution in [1.29, 1.82) is 0 Å². The zero-order valence-corrected chi connectivity index (χ0v) is 13.2. The molecule has 0 aliphatic heterocycles. The summed E-state index contributed by atoms with van der Waals surface area (Å²) in [6.45, 7) is 3.64. The van der Waals surface area contributed by atoms with Crippen LogP contribution in [0.3, 0.4) is 0 Å². The first-order chi connectivity index (χ1) is 9.86. The van der Waals surface area contributed by atoms with Gasteiger partial charge in [0.15, 0.2) is 0 Å². The topological polar surface area (TPSA) is 88.2 Å². The summed E-state index contributed by atoms with van der Waals surface area (Å²) < 4.78 is 31.8. The van der Waals surface area contributed by atoms with Crippen molar-refractivity contribution in [3.8, 4) is 5.75 Å². The maximum absolute atomic E-state index is 12.7. The first-order valence-corrected chi connectivity index (χ1v) is 7.76. The number of nitrogens with zero attached hydrogens (tertiary/aromatic N) is 3. The molecule has 8 heteroatoms. The fraction of sp³-hybridized carbons (Fsp3) is 0.385. The van der Waals surface area contributed by atoms with Gasteiger partial charge in [0.25, 0.3) is 0 Å². The maximum atomic E-state index is 12.7. The molecular weight excluding hydrogens is 292 g/mol. The standard InChI is InChI=1S/C13H18N4O3S/c1-9-5-11(20-4)6-10(2)13(9)21(18,19)17(3)7-12-14-8-15-16-12/h5-6,8H,7H2,1-4H3,(H,14,15,16). The second-order valence-corrected chi connectivity index (χ2v) is 6.77. The summed E-state index contributed by atoms with van der Waals surface area (Å²) in [6.07, 6.45) is 1.35. The summed E-state index contributed by atoms with van der Waals surface area (Å²) >= 11 is 0. The van der Waals surface area contributed by atoms with Crippen molar-refractivity contribution in [2.24, 2.45) is 0 Å². The van der Waals surface area contributed by atoms with Crippen LogP contribution in [-0.2, 0) is 16.6 Å². The molecule has 0 atom stereocenters. The lowest BCUT2D eigenvalue weighted by Crippen LogP contribution is -2.28. The summed E-state index contributed by atoms with van der Waals surface area (Å²) in [7, 11) is -0.543. The van der Waals surface area contributed by atoms with Crippen LogP contribution in [0.25, 0.3) is 0 Å². The number of aromatic amines is 1. The Morgan fingerprint density at radius 1 is 1.29 bits per heavy atom. The fourth-order valence-corrected chi connectivity index (χ4v) is 3.73. The minimum Gasteiger partial charge on any atom is -0.497 e. The molecule has 1 aromatic carbocycles. The van der Waals surface area contributed by atoms with E-state index in [0.29, 0.717) is 27.6 Å². The van der Waals surface area contributed by atoms with Gasteiger partial charge < -0.3 is 4.74 Å². The Kier molecular flexibility index (Phi) is 4.29. The summed E-state index contributed by atoms with van der Waals surface area (Å²) in [4.78, 5) is 4.24. The number of methoxy groups -OCH3 is 1. The van der Waals surface area contributed by atoms with Gasteiger partial charge in [-0.05, 0) is 37.1 Å². The van der Waals surface area contributed by atoms with Crippen molar-refractivity contribution < 1.29 is 13.2 Å². The van der Waals surface area contributed by atoms with Crippen LogP contribution in [0.15, 0.2) is 23.4 Å². The molecule has 0 aliphatic rings. The summed E-state index contributed by atoms with van der Waals surface area (Å²) in [6, 6.07) is 3.42. The van der Waals surface area contributed by atoms with Crippen molar-refractivity contribution in [2.45, 2.75) is 25.3 Å². The number of H-pyrrole nitrogens is 1. The number of benzene rings is 1. The molecule has 2 rings (SSSR count). The van der Waals surface area contributed by atoms with Crippen molar-refractivity contribution >= 4 is 10.0 Å². The van der Waals surface area contributed by atoms with Gasteiger partial charge in [0, 0.05) is 7.05 Å². The molecule has 0 saturated heterocycles. The molecule has 0 unspecified atom stereocenters. The van der Waals surface area contributed by atoms with Crippen molar-refractivity contribution in [3.05, 3.63) is 35.4 Å². The van der Waals surface area contributed by atoms with Gasteiger partial charge in [0.2, 0.25) is 10.0 Å². The number of hydrogen-bond acceptors (Lipinski definition) is 5. The smallest absolute Gasteiger partial charge is 0.243 e. The van der Waals surface area contributed by atoms with Gasteiger partial charge in [-0.2, -0.15) is 9.40 Å². The largest absolute Gasteiger partial charge is 0.497 e. The molecule has 0 bridgehead atoms. The van der Waals surface area contributed by atoms with Crippen molar-refractivity contribution in [1.82, 2.24) is 19.5 Å². The SMILES string of the molecule is COc1cc(C)c(S(=O)(=O)N(C)Cc2ncn[nH]2)c(C)c1. The first-order valence-electron chi connectivity index (χ1n) is 6.32. The van der Waals surface area contributed by atoms with E-state index in [1.165, 1.54) is 17.7 Å². The van der Waals surface area contributed by atoms with E-state index in [9.17, 15) is 8.42 Å². The Balaban J connectivity index is 2.39. The van der Waals surface area contributed by atoms with Gasteiger partial charge >= 0.3 is 0 Å². The van der Waals surface area contributed by atoms with E-state index in [0.717, 1.165) is 0 Å². The van der Waals surface area contributed by atoms with Crippen LogP contribution in [0.4, 0.5) is 0 Å². The predicted molar refractivity (Wildman–Crippen MR) is 77.5 cm³/mol. The highest BCUT2D eigenvalue weighted by Gasteiger charge is 2.26. The van der Waals surface area contributed by atoms with Crippen LogP contribution < -0.4 is 4.74 Å². The fourth-order valence-electron chi connectivity index (χ4n) is 2.19. The van der Waals surface area contributed by atoms with Gasteiger partial charge in [-0.25, -0.2) is 13.4 Å². The van der Waals surface area contributed by atoms with E-state index in [1.54, 1.807) is 33.1 Å². The molecule has 1 N–H and O–H groups in total. The highest BCUT2D eigenvalue weighted by Crippen LogP contribution is 2.28. The minimum absolute atomic E-state index is 0.132. The Morgan fingerprint density at radius 3 is 2.38 bits per heavy atom. The molecule has 1 heterocycles. The number of aryl methyl sites for hydroxylation is 2. The molecular formula is C13H18N4O3S. The van der Waals surface area contributed by atoms with E-state index in [4.69, 9.17) is 4.74 Å². The lowest BCUT2D eigenvalue weighted by atomic mass is 10.1. The quantitative estimate of drug-likeness (QED) is 0.898. The van der Waals surface area contributed by atoms with Gasteiger partial charge in [-0.3, -0.25) is 5.10 Å². The van der Waals surface area contributed by atoms with Crippen LogP contribution in [0.2, 0.25) is 0 Å². The molecule has 0 fully saturated rings. The van der Waals surface area contributed by atoms with Gasteiger partial charge in [0.05, 0.1) is 18.6 Å². The lowest BCUT2D eigenvalue weighted by molar-refractivity contribution is 0.413. The summed E-state index contributed by atoms with van der Waals surface area (Å²) in [5.74, 6) is 1.13. The number of rotatable bonds is 5. The summed E-state index contributed by atoms with van der Waals surface area (Å²) in [5, 5.41) is 6.37. The van der Waals surface area contributed by atoms with Crippen LogP contribution in [0.5, 0.6) is 5.75 Å². The van der Waals surface area contributed by atoms with Crippen LogP contribution in [0.1, 0.15) is 17.0 Å². The van der Waals surface area contributed by atoms with Crippen molar-refractivity contribution in [3.63, 3.8) is 0 Å². The van der Waals surface area contributed by atoms with Crippen molar-refractivity contribution in [2.75, 3.05) is 14.2 Å². The minimum atomic E-state index is -3.61. The number of hydrogen-bond donors (Lipinski definition) is 1. The average Bonchev–Trinajstić information content (AvgIpc) is 2.90. The van der Waals surface area contributed by atoms with Crippen LogP contribution in [-0.4, -0.2) is 42.1 Å². The maximum Gasteiger partial charge on any atom is 0.243 e. The second kappa shape index (κ2) is 5.82. The molecule has 1 aromatic heterocycles. The van der Waals surface area contributed by atoms with E-state index in [2.05, 4.69) is 15.2 Å². The molecule has 0 aliphatic carbocycles. The third-order valence-electron chi connectivity index (χ3n) is 3.18.